The molecule has 1 heterocycles. The first-order chi connectivity index (χ1) is 4.74. The van der Waals surface area contributed by atoms with E-state index >= 15 is 0 Å². The quantitative estimate of drug-likeness (QED) is 0.479. The summed E-state index contributed by atoms with van der Waals surface area (Å²) < 4.78 is 0. The molecule has 0 aromatic rings. The van der Waals surface area contributed by atoms with E-state index in [0.717, 1.165) is 12.5 Å². The third-order valence-electron chi connectivity index (χ3n) is 3.55. The van der Waals surface area contributed by atoms with E-state index in [4.69, 9.17) is 0 Å². The summed E-state index contributed by atoms with van der Waals surface area (Å²) >= 11 is 0. The molecular formula is C8H11NO. The minimum Gasteiger partial charge on any atom is -0.339 e. The highest BCUT2D eigenvalue weighted by atomic mass is 16.2. The van der Waals surface area contributed by atoms with Gasteiger partial charge in [-0.25, -0.2) is 0 Å². The second kappa shape index (κ2) is 1.13. The maximum absolute atomic E-state index is 11.0. The Kier molecular flexibility index (Phi) is 0.582. The molecule has 2 heteroatoms. The molecule has 1 amide bonds. The number of piperidine rings is 2. The van der Waals surface area contributed by atoms with Crippen LogP contribution in [0.5, 0.6) is 0 Å². The first-order valence-electron chi connectivity index (χ1n) is 4.01. The fraction of sp³-hybridized carbons (Fsp3) is 0.875. The predicted molar refractivity (Wildman–Crippen MR) is 36.3 cm³/mol. The second-order valence-electron chi connectivity index (χ2n) is 4.03. The smallest absolute Gasteiger partial charge is 0.219 e. The average molecular weight is 137 g/mol. The summed E-state index contributed by atoms with van der Waals surface area (Å²) in [6.45, 7) is 2.76. The van der Waals surface area contributed by atoms with Crippen LogP contribution in [0.3, 0.4) is 0 Å². The summed E-state index contributed by atoms with van der Waals surface area (Å²) in [6.07, 6.45) is 2.73. The van der Waals surface area contributed by atoms with Gasteiger partial charge < -0.3 is 4.90 Å². The Morgan fingerprint density at radius 3 is 2.70 bits per heavy atom. The van der Waals surface area contributed by atoms with Gasteiger partial charge in [-0.2, -0.15) is 0 Å². The lowest BCUT2D eigenvalue weighted by Gasteiger charge is -2.16. The summed E-state index contributed by atoms with van der Waals surface area (Å²) in [5.41, 5.74) is 0.686. The van der Waals surface area contributed by atoms with E-state index in [0.29, 0.717) is 11.5 Å². The monoisotopic (exact) mass is 137 g/mol. The first-order valence-corrected chi connectivity index (χ1v) is 4.01. The fourth-order valence-corrected chi connectivity index (χ4v) is 2.74. The number of nitrogens with zero attached hydrogens (tertiary/aromatic N) is 1. The van der Waals surface area contributed by atoms with Crippen molar-refractivity contribution in [3.05, 3.63) is 0 Å². The summed E-state index contributed by atoms with van der Waals surface area (Å²) in [6, 6.07) is 0.676. The maximum atomic E-state index is 11.0. The van der Waals surface area contributed by atoms with Crippen LogP contribution in [0, 0.1) is 11.3 Å². The Hall–Kier alpha value is -0.530. The molecule has 3 atom stereocenters. The highest BCUT2D eigenvalue weighted by Gasteiger charge is 2.77. The van der Waals surface area contributed by atoms with Crippen molar-refractivity contribution in [1.29, 1.82) is 0 Å². The number of hydrogen-bond donors (Lipinski definition) is 0. The van der Waals surface area contributed by atoms with Gasteiger partial charge in [0, 0.05) is 19.5 Å². The largest absolute Gasteiger partial charge is 0.339 e. The number of carbonyl (C=O) groups is 1. The van der Waals surface area contributed by atoms with Crippen molar-refractivity contribution in [1.82, 2.24) is 4.90 Å². The Bertz CT molecular complexity index is 225. The van der Waals surface area contributed by atoms with Gasteiger partial charge in [0.05, 0.1) is 0 Å². The lowest BCUT2D eigenvalue weighted by atomic mass is 10.3. The van der Waals surface area contributed by atoms with Gasteiger partial charge in [-0.05, 0) is 24.2 Å². The molecule has 2 aliphatic carbocycles. The molecule has 0 bridgehead atoms. The molecule has 54 valence electrons. The van der Waals surface area contributed by atoms with E-state index in [9.17, 15) is 4.79 Å². The van der Waals surface area contributed by atoms with Gasteiger partial charge in [0.15, 0.2) is 0 Å². The van der Waals surface area contributed by atoms with E-state index in [-0.39, 0.29) is 5.91 Å². The Morgan fingerprint density at radius 1 is 1.60 bits per heavy atom. The summed E-state index contributed by atoms with van der Waals surface area (Å²) in [7, 11) is 0. The molecule has 0 radical (unpaired) electrons. The van der Waals surface area contributed by atoms with Crippen LogP contribution < -0.4 is 0 Å². The van der Waals surface area contributed by atoms with Crippen LogP contribution in [0.1, 0.15) is 19.8 Å². The van der Waals surface area contributed by atoms with Gasteiger partial charge in [-0.3, -0.25) is 4.79 Å². The molecular weight excluding hydrogens is 126 g/mol. The minimum absolute atomic E-state index is 0.286. The Morgan fingerprint density at radius 2 is 2.40 bits per heavy atom. The molecule has 2 nitrogen and oxygen atoms in total. The molecule has 3 rings (SSSR count). The number of rotatable bonds is 0. The first kappa shape index (κ1) is 5.16. The highest BCUT2D eigenvalue weighted by Crippen LogP contribution is 2.76. The molecule has 3 unspecified atom stereocenters. The lowest BCUT2D eigenvalue weighted by molar-refractivity contribution is -0.129. The molecule has 2 saturated carbocycles. The van der Waals surface area contributed by atoms with E-state index in [1.54, 1.807) is 6.92 Å². The van der Waals surface area contributed by atoms with Crippen LogP contribution in [0.25, 0.3) is 0 Å². The van der Waals surface area contributed by atoms with Gasteiger partial charge in [0.25, 0.3) is 0 Å². The van der Waals surface area contributed by atoms with E-state index in [1.165, 1.54) is 12.8 Å². The maximum Gasteiger partial charge on any atom is 0.219 e. The number of amides is 1. The van der Waals surface area contributed by atoms with Gasteiger partial charge in [-0.15, -0.1) is 0 Å². The van der Waals surface area contributed by atoms with Crippen LogP contribution in [0.4, 0.5) is 0 Å². The summed E-state index contributed by atoms with van der Waals surface area (Å²) in [5.74, 6) is 1.19. The van der Waals surface area contributed by atoms with E-state index in [2.05, 4.69) is 4.90 Å². The molecule has 3 fully saturated rings. The van der Waals surface area contributed by atoms with Crippen LogP contribution in [-0.4, -0.2) is 23.4 Å². The van der Waals surface area contributed by atoms with Crippen LogP contribution in [0.15, 0.2) is 0 Å². The number of carbonyl (C=O) groups excluding carboxylic acids is 1. The topological polar surface area (TPSA) is 20.3 Å². The highest BCUT2D eigenvalue weighted by molar-refractivity contribution is 5.75. The molecule has 0 N–H and O–H groups in total. The van der Waals surface area contributed by atoms with Gasteiger partial charge in [0.1, 0.15) is 0 Å². The van der Waals surface area contributed by atoms with Crippen molar-refractivity contribution in [2.45, 2.75) is 25.8 Å². The van der Waals surface area contributed by atoms with Crippen LogP contribution in [0.2, 0.25) is 0 Å². The van der Waals surface area contributed by atoms with Crippen molar-refractivity contribution in [3.63, 3.8) is 0 Å². The molecule has 1 aliphatic heterocycles. The number of likely N-dealkylation sites (tertiary alicyclic amines) is 1. The minimum atomic E-state index is 0.286. The van der Waals surface area contributed by atoms with E-state index in [1.807, 2.05) is 0 Å². The van der Waals surface area contributed by atoms with Crippen molar-refractivity contribution in [3.8, 4) is 0 Å². The van der Waals surface area contributed by atoms with Crippen LogP contribution in [-0.2, 0) is 4.79 Å². The SMILES string of the molecule is CC(=O)N1CC2CC23CC13. The fourth-order valence-electron chi connectivity index (χ4n) is 2.74. The molecule has 3 aliphatic rings. The molecule has 1 saturated heterocycles. The zero-order valence-electron chi connectivity index (χ0n) is 6.13. The van der Waals surface area contributed by atoms with E-state index < -0.39 is 0 Å². The number of hydrogen-bond acceptors (Lipinski definition) is 1. The van der Waals surface area contributed by atoms with Crippen LogP contribution >= 0.6 is 0 Å². The summed E-state index contributed by atoms with van der Waals surface area (Å²) in [5, 5.41) is 0. The van der Waals surface area contributed by atoms with Crippen molar-refractivity contribution < 1.29 is 4.79 Å². The van der Waals surface area contributed by atoms with Gasteiger partial charge in [0.2, 0.25) is 5.91 Å². The molecule has 0 aromatic heterocycles. The van der Waals surface area contributed by atoms with Crippen molar-refractivity contribution in [2.75, 3.05) is 6.54 Å². The molecule has 1 spiro atoms. The zero-order chi connectivity index (χ0) is 6.93. The standard InChI is InChI=1S/C8H11NO/c1-5(10)9-4-6-2-8(6)3-7(8)9/h6-7H,2-4H2,1H3. The summed E-state index contributed by atoms with van der Waals surface area (Å²) in [4.78, 5) is 13.0. The third-order valence-corrected chi connectivity index (χ3v) is 3.55. The zero-order valence-corrected chi connectivity index (χ0v) is 6.13. The Balaban J connectivity index is 1.88. The molecule has 10 heavy (non-hydrogen) atoms. The van der Waals surface area contributed by atoms with Gasteiger partial charge >= 0.3 is 0 Å². The third kappa shape index (κ3) is 0.360. The van der Waals surface area contributed by atoms with Crippen molar-refractivity contribution in [2.24, 2.45) is 11.3 Å². The average Bonchev–Trinajstić information content (AvgIpc) is 2.71. The molecule has 0 aromatic carbocycles. The van der Waals surface area contributed by atoms with Gasteiger partial charge in [-0.1, -0.05) is 0 Å². The second-order valence-corrected chi connectivity index (χ2v) is 4.03. The Labute approximate surface area is 60.2 Å². The van der Waals surface area contributed by atoms with Crippen molar-refractivity contribution >= 4 is 5.91 Å². The predicted octanol–water partition coefficient (Wildman–Crippen LogP) is 0.627. The normalized spacial score (nSPS) is 53.9. The lowest BCUT2D eigenvalue weighted by Crippen LogP contribution is -2.30.